The van der Waals surface area contributed by atoms with Gasteiger partial charge in [0, 0.05) is 24.9 Å². The molecule has 2 aliphatic rings. The first-order valence-electron chi connectivity index (χ1n) is 8.95. The van der Waals surface area contributed by atoms with Crippen LogP contribution in [0.5, 0.6) is 11.5 Å². The first kappa shape index (κ1) is 16.6. The molecule has 0 radical (unpaired) electrons. The van der Waals surface area contributed by atoms with Crippen molar-refractivity contribution in [2.45, 2.75) is 36.9 Å². The average molecular weight is 360 g/mol. The van der Waals surface area contributed by atoms with Crippen LogP contribution in [0.15, 0.2) is 29.4 Å². The number of nitrogens with zero attached hydrogens (tertiary/aromatic N) is 4. The van der Waals surface area contributed by atoms with E-state index in [1.165, 1.54) is 25.7 Å². The van der Waals surface area contributed by atoms with Crippen molar-refractivity contribution < 1.29 is 9.47 Å². The quantitative estimate of drug-likeness (QED) is 0.531. The van der Waals surface area contributed by atoms with E-state index in [9.17, 15) is 0 Å². The molecule has 1 aromatic heterocycles. The molecule has 25 heavy (non-hydrogen) atoms. The fourth-order valence-electron chi connectivity index (χ4n) is 3.18. The molecule has 7 heteroatoms. The van der Waals surface area contributed by atoms with Crippen molar-refractivity contribution in [2.75, 3.05) is 37.5 Å². The van der Waals surface area contributed by atoms with Gasteiger partial charge in [-0.1, -0.05) is 23.9 Å². The van der Waals surface area contributed by atoms with E-state index in [0.717, 1.165) is 41.4 Å². The zero-order valence-corrected chi connectivity index (χ0v) is 15.4. The maximum Gasteiger partial charge on any atom is 0.228 e. The lowest BCUT2D eigenvalue weighted by Gasteiger charge is -2.18. The summed E-state index contributed by atoms with van der Waals surface area (Å²) < 4.78 is 13.5. The molecule has 0 spiro atoms. The van der Waals surface area contributed by atoms with Crippen LogP contribution in [-0.2, 0) is 0 Å². The van der Waals surface area contributed by atoms with Crippen LogP contribution in [0.3, 0.4) is 0 Å². The predicted octanol–water partition coefficient (Wildman–Crippen LogP) is 3.39. The Morgan fingerprint density at radius 2 is 1.88 bits per heavy atom. The van der Waals surface area contributed by atoms with E-state index >= 15 is 0 Å². The topological polar surface area (TPSA) is 52.4 Å². The van der Waals surface area contributed by atoms with Crippen molar-refractivity contribution in [2.24, 2.45) is 0 Å². The normalized spacial score (nSPS) is 17.1. The second-order valence-corrected chi connectivity index (χ2v) is 7.49. The third kappa shape index (κ3) is 3.71. The van der Waals surface area contributed by atoms with Crippen LogP contribution in [0.25, 0.3) is 0 Å². The molecule has 1 aliphatic carbocycles. The summed E-state index contributed by atoms with van der Waals surface area (Å²) in [6.45, 7) is 2.82. The zero-order chi connectivity index (χ0) is 17.1. The third-order valence-electron chi connectivity index (χ3n) is 4.59. The van der Waals surface area contributed by atoms with E-state index in [2.05, 4.69) is 19.7 Å². The lowest BCUT2D eigenvalue weighted by Crippen LogP contribution is -2.22. The van der Waals surface area contributed by atoms with Crippen molar-refractivity contribution in [1.29, 1.82) is 0 Å². The average Bonchev–Trinajstić information content (AvgIpc) is 3.17. The van der Waals surface area contributed by atoms with Crippen LogP contribution >= 0.6 is 11.8 Å². The monoisotopic (exact) mass is 360 g/mol. The van der Waals surface area contributed by atoms with E-state index in [1.807, 2.05) is 24.3 Å². The Kier molecular flexibility index (Phi) is 5.01. The van der Waals surface area contributed by atoms with Crippen LogP contribution in [0.4, 0.5) is 5.95 Å². The second kappa shape index (κ2) is 7.56. The SMILES string of the molecule is COc1ccccc1OCCSc1nnc(N2CCCC2)n1C1CC1. The van der Waals surface area contributed by atoms with Gasteiger partial charge in [0.05, 0.1) is 13.7 Å². The Labute approximate surface area is 152 Å². The number of hydrogen-bond acceptors (Lipinski definition) is 6. The van der Waals surface area contributed by atoms with Crippen LogP contribution in [0.2, 0.25) is 0 Å². The van der Waals surface area contributed by atoms with Gasteiger partial charge in [0.2, 0.25) is 5.95 Å². The van der Waals surface area contributed by atoms with E-state index in [0.29, 0.717) is 12.6 Å². The molecule has 2 aromatic rings. The molecular weight excluding hydrogens is 336 g/mol. The number of thioether (sulfide) groups is 1. The molecule has 4 rings (SSSR count). The van der Waals surface area contributed by atoms with Crippen molar-refractivity contribution in [1.82, 2.24) is 14.8 Å². The first-order valence-corrected chi connectivity index (χ1v) is 9.94. The number of rotatable bonds is 8. The molecular formula is C18H24N4O2S. The van der Waals surface area contributed by atoms with E-state index in [1.54, 1.807) is 18.9 Å². The molecule has 0 unspecified atom stereocenters. The van der Waals surface area contributed by atoms with E-state index in [-0.39, 0.29) is 0 Å². The summed E-state index contributed by atoms with van der Waals surface area (Å²) in [6.07, 6.45) is 4.99. The minimum absolute atomic E-state index is 0.586. The number of aromatic nitrogens is 3. The van der Waals surface area contributed by atoms with Gasteiger partial charge in [-0.3, -0.25) is 4.57 Å². The Morgan fingerprint density at radius 1 is 1.12 bits per heavy atom. The number of anilines is 1. The van der Waals surface area contributed by atoms with Gasteiger partial charge in [-0.25, -0.2) is 0 Å². The van der Waals surface area contributed by atoms with Gasteiger partial charge in [-0.05, 0) is 37.8 Å². The highest BCUT2D eigenvalue weighted by Gasteiger charge is 2.32. The molecule has 0 atom stereocenters. The summed E-state index contributed by atoms with van der Waals surface area (Å²) in [5.41, 5.74) is 0. The standard InChI is InChI=1S/C18H24N4O2S/c1-23-15-6-2-3-7-16(15)24-12-13-25-18-20-19-17(21-10-4-5-11-21)22(18)14-8-9-14/h2-3,6-7,14H,4-5,8-13H2,1H3. The van der Waals surface area contributed by atoms with Gasteiger partial charge < -0.3 is 14.4 Å². The molecule has 0 bridgehead atoms. The molecule has 1 aliphatic heterocycles. The van der Waals surface area contributed by atoms with E-state index in [4.69, 9.17) is 9.47 Å². The highest BCUT2D eigenvalue weighted by molar-refractivity contribution is 7.99. The van der Waals surface area contributed by atoms with Crippen molar-refractivity contribution >= 4 is 17.7 Å². The minimum Gasteiger partial charge on any atom is -0.493 e. The van der Waals surface area contributed by atoms with Crippen molar-refractivity contribution in [3.63, 3.8) is 0 Å². The lowest BCUT2D eigenvalue weighted by molar-refractivity contribution is 0.313. The number of para-hydroxylation sites is 2. The third-order valence-corrected chi connectivity index (χ3v) is 5.50. The summed E-state index contributed by atoms with van der Waals surface area (Å²) in [5, 5.41) is 9.96. The minimum atomic E-state index is 0.586. The largest absolute Gasteiger partial charge is 0.493 e. The molecule has 1 saturated heterocycles. The fraction of sp³-hybridized carbons (Fsp3) is 0.556. The highest BCUT2D eigenvalue weighted by Crippen LogP contribution is 2.41. The van der Waals surface area contributed by atoms with Gasteiger partial charge in [-0.15, -0.1) is 10.2 Å². The van der Waals surface area contributed by atoms with Crippen LogP contribution in [0, 0.1) is 0 Å². The Balaban J connectivity index is 1.36. The van der Waals surface area contributed by atoms with Crippen molar-refractivity contribution in [3.8, 4) is 11.5 Å². The highest BCUT2D eigenvalue weighted by atomic mass is 32.2. The molecule has 134 valence electrons. The van der Waals surface area contributed by atoms with Crippen LogP contribution in [-0.4, -0.2) is 47.3 Å². The second-order valence-electron chi connectivity index (χ2n) is 6.43. The molecule has 2 heterocycles. The summed E-state index contributed by atoms with van der Waals surface area (Å²) >= 11 is 1.72. The smallest absolute Gasteiger partial charge is 0.228 e. The van der Waals surface area contributed by atoms with Gasteiger partial charge in [0.1, 0.15) is 0 Å². The Bertz CT molecular complexity index is 711. The van der Waals surface area contributed by atoms with Gasteiger partial charge in [0.25, 0.3) is 0 Å². The molecule has 6 nitrogen and oxygen atoms in total. The number of hydrogen-bond donors (Lipinski definition) is 0. The number of benzene rings is 1. The molecule has 0 amide bonds. The number of methoxy groups -OCH3 is 1. The number of ether oxygens (including phenoxy) is 2. The summed E-state index contributed by atoms with van der Waals surface area (Å²) in [4.78, 5) is 2.38. The Hall–Kier alpha value is -1.89. The predicted molar refractivity (Wildman–Crippen MR) is 99.0 cm³/mol. The van der Waals surface area contributed by atoms with Gasteiger partial charge in [-0.2, -0.15) is 0 Å². The van der Waals surface area contributed by atoms with Gasteiger partial charge in [0.15, 0.2) is 16.7 Å². The van der Waals surface area contributed by atoms with Crippen LogP contribution in [0.1, 0.15) is 31.7 Å². The molecule has 1 aromatic carbocycles. The summed E-state index contributed by atoms with van der Waals surface area (Å²) in [7, 11) is 1.66. The zero-order valence-electron chi connectivity index (χ0n) is 14.6. The maximum absolute atomic E-state index is 5.86. The Morgan fingerprint density at radius 3 is 2.60 bits per heavy atom. The van der Waals surface area contributed by atoms with Crippen LogP contribution < -0.4 is 14.4 Å². The fourth-order valence-corrected chi connectivity index (χ4v) is 3.99. The molecule has 2 fully saturated rings. The first-order chi connectivity index (χ1) is 12.4. The maximum atomic E-state index is 5.86. The van der Waals surface area contributed by atoms with Crippen molar-refractivity contribution in [3.05, 3.63) is 24.3 Å². The lowest BCUT2D eigenvalue weighted by atomic mass is 10.3. The summed E-state index contributed by atoms with van der Waals surface area (Å²) in [5.74, 6) is 3.45. The molecule has 0 N–H and O–H groups in total. The van der Waals surface area contributed by atoms with Gasteiger partial charge >= 0.3 is 0 Å². The summed E-state index contributed by atoms with van der Waals surface area (Å²) in [6, 6.07) is 8.33. The van der Waals surface area contributed by atoms with E-state index < -0.39 is 0 Å². The molecule has 1 saturated carbocycles.